The first-order valence-corrected chi connectivity index (χ1v) is 26.0. The number of aliphatic hydroxyl groups is 1. The summed E-state index contributed by atoms with van der Waals surface area (Å²) in [5.74, 6) is -3.11. The van der Waals surface area contributed by atoms with Gasteiger partial charge in [-0.05, 0) is 61.2 Å². The molecule has 2 unspecified atom stereocenters. The summed E-state index contributed by atoms with van der Waals surface area (Å²) in [6.45, 7) is 16.2. The fourth-order valence-electron chi connectivity index (χ4n) is 10.3. The van der Waals surface area contributed by atoms with Gasteiger partial charge in [0.15, 0.2) is 5.78 Å². The maximum absolute atomic E-state index is 14.7. The van der Waals surface area contributed by atoms with Gasteiger partial charge in [0.1, 0.15) is 5.78 Å². The van der Waals surface area contributed by atoms with Crippen molar-refractivity contribution in [2.75, 3.05) is 47.7 Å². The molecule has 0 saturated carbocycles. The van der Waals surface area contributed by atoms with Crippen LogP contribution in [0.5, 0.6) is 0 Å². The largest absolute Gasteiger partial charge is 0.388 e. The zero-order valence-electron chi connectivity index (χ0n) is 42.9. The summed E-state index contributed by atoms with van der Waals surface area (Å²) in [4.78, 5) is 102. The molecule has 11 atom stereocenters. The van der Waals surface area contributed by atoms with Gasteiger partial charge in [-0.25, -0.2) is 0 Å². The first-order valence-electron chi connectivity index (χ1n) is 24.7. The lowest BCUT2D eigenvalue weighted by Gasteiger charge is -2.41. The highest BCUT2D eigenvalue weighted by atomic mass is 32.2. The Balaban J connectivity index is 1.69. The van der Waals surface area contributed by atoms with Crippen LogP contribution >= 0.6 is 11.8 Å². The lowest BCUT2D eigenvalue weighted by Crippen LogP contribution is -2.54. The predicted molar refractivity (Wildman–Crippen MR) is 263 cm³/mol. The number of carbonyl (C=O) groups excluding carboxylic acids is 7. The topological polar surface area (TPSA) is 171 Å². The number of likely N-dealkylation sites (N-methyl/N-ethyl adjacent to an activating group) is 2. The molecule has 3 rings (SSSR count). The van der Waals surface area contributed by atoms with Crippen LogP contribution in [-0.2, 0) is 43.0 Å². The number of likely N-dealkylation sites (tertiary alicyclic amines) is 2. The number of imide groups is 1. The number of hydrogen-bond donors (Lipinski definition) is 1. The van der Waals surface area contributed by atoms with Crippen LogP contribution in [-0.4, -0.2) is 149 Å². The van der Waals surface area contributed by atoms with E-state index in [9.17, 15) is 38.7 Å². The number of hydrogen-bond acceptors (Lipinski definition) is 11. The molecule has 0 aliphatic carbocycles. The number of rotatable bonds is 29. The number of nitrogens with zero attached hydrogens (tertiary/aromatic N) is 4. The Kier molecular flexibility index (Phi) is 23.7. The summed E-state index contributed by atoms with van der Waals surface area (Å²) in [6.07, 6.45) is 4.26. The van der Waals surface area contributed by atoms with E-state index in [1.807, 2.05) is 92.0 Å². The minimum atomic E-state index is -0.792. The quantitative estimate of drug-likeness (QED) is 0.0648. The third-order valence-electron chi connectivity index (χ3n) is 14.6. The Bertz CT molecular complexity index is 1800. The Hall–Kier alpha value is -3.66. The summed E-state index contributed by atoms with van der Waals surface area (Å²) in [5.41, 5.74) is 0.755. The molecule has 5 amide bonds. The van der Waals surface area contributed by atoms with Crippen molar-refractivity contribution in [3.8, 4) is 0 Å². The molecule has 2 saturated heterocycles. The van der Waals surface area contributed by atoms with Crippen molar-refractivity contribution < 1.29 is 48.1 Å². The van der Waals surface area contributed by atoms with Crippen LogP contribution in [0.15, 0.2) is 30.3 Å². The van der Waals surface area contributed by atoms with Crippen LogP contribution in [0.25, 0.3) is 0 Å². The van der Waals surface area contributed by atoms with Gasteiger partial charge in [-0.1, -0.05) is 98.6 Å². The number of amides is 5. The summed E-state index contributed by atoms with van der Waals surface area (Å²) in [5, 5.41) is 10.6. The summed E-state index contributed by atoms with van der Waals surface area (Å²) >= 11 is 1.38. The van der Waals surface area contributed by atoms with Crippen LogP contribution in [0, 0.1) is 35.5 Å². The SMILES string of the molecule is CC[C@H](C)[C@@H](C(CC(=O)N1CCC[C@H]1[C@H](OC)[C@@H](C)C(=O)C[C@H](C)[C@@H](O)c1ccccc1)OC)N(C)C(=O)[C@@H](CC(=O)[C@H](C(C)C)N(C)C(=O)CCCCCN1C(=O)CC(SC)C1=O)C(C)C. The fraction of sp³-hybridized carbons (Fsp3) is 0.750. The molecule has 15 heteroatoms. The van der Waals surface area contributed by atoms with Crippen molar-refractivity contribution >= 4 is 52.9 Å². The monoisotopic (exact) mass is 957 g/mol. The molecule has 1 N–H and O–H groups in total. The minimum Gasteiger partial charge on any atom is -0.388 e. The average molecular weight is 957 g/mol. The maximum Gasteiger partial charge on any atom is 0.242 e. The molecule has 2 aliphatic heterocycles. The molecule has 14 nitrogen and oxygen atoms in total. The Morgan fingerprint density at radius 1 is 0.836 bits per heavy atom. The van der Waals surface area contributed by atoms with Gasteiger partial charge in [0.25, 0.3) is 0 Å². The molecule has 0 bridgehead atoms. The highest BCUT2D eigenvalue weighted by Crippen LogP contribution is 2.33. The number of methoxy groups -OCH3 is 2. The number of ether oxygens (including phenoxy) is 2. The third-order valence-corrected chi connectivity index (χ3v) is 15.6. The van der Waals surface area contributed by atoms with Gasteiger partial charge in [-0.3, -0.25) is 38.5 Å². The highest BCUT2D eigenvalue weighted by Gasteiger charge is 2.44. The van der Waals surface area contributed by atoms with E-state index in [0.717, 1.165) is 12.0 Å². The van der Waals surface area contributed by atoms with E-state index in [-0.39, 0.29) is 108 Å². The van der Waals surface area contributed by atoms with Gasteiger partial charge in [0.05, 0.1) is 48.1 Å². The van der Waals surface area contributed by atoms with Crippen LogP contribution in [0.3, 0.4) is 0 Å². The normalized spacial score (nSPS) is 20.6. The minimum absolute atomic E-state index is 0.000711. The van der Waals surface area contributed by atoms with Crippen LogP contribution in [0.4, 0.5) is 0 Å². The lowest BCUT2D eigenvalue weighted by atomic mass is 9.83. The molecule has 2 aliphatic rings. The molecule has 1 aromatic rings. The van der Waals surface area contributed by atoms with Gasteiger partial charge in [0.2, 0.25) is 29.5 Å². The van der Waals surface area contributed by atoms with Gasteiger partial charge in [-0.2, -0.15) is 11.8 Å². The first kappa shape index (κ1) is 57.7. The molecule has 1 aromatic carbocycles. The Morgan fingerprint density at radius 3 is 2.04 bits per heavy atom. The lowest BCUT2D eigenvalue weighted by molar-refractivity contribution is -0.149. The second-order valence-electron chi connectivity index (χ2n) is 19.9. The van der Waals surface area contributed by atoms with E-state index in [2.05, 4.69) is 0 Å². The van der Waals surface area contributed by atoms with Gasteiger partial charge >= 0.3 is 0 Å². The second kappa shape index (κ2) is 27.5. The number of unbranched alkanes of at least 4 members (excludes halogenated alkanes) is 2. The molecule has 0 radical (unpaired) electrons. The van der Waals surface area contributed by atoms with E-state index in [0.29, 0.717) is 45.2 Å². The van der Waals surface area contributed by atoms with Crippen molar-refractivity contribution in [1.29, 1.82) is 0 Å². The number of thioether (sulfide) groups is 1. The number of benzene rings is 1. The first-order chi connectivity index (χ1) is 31.7. The van der Waals surface area contributed by atoms with Gasteiger partial charge in [0, 0.05) is 78.9 Å². The van der Waals surface area contributed by atoms with E-state index >= 15 is 0 Å². The molecule has 67 heavy (non-hydrogen) atoms. The predicted octanol–water partition coefficient (Wildman–Crippen LogP) is 7.00. The standard InChI is InChI=1S/C52H84N4O10S/c1-14-34(6)48(42(65-11)30-45(60)55-27-21-24-39(55)50(66-12)36(8)40(57)28-35(7)49(62)37-22-17-15-18-23-37)54(10)51(63)38(32(2)3)29-41(58)47(33(4)5)53(9)44(59)25-19-16-20-26-56-46(61)31-43(67-13)52(56)64/h15,17-18,22-23,32-36,38-39,42-43,47-50,62H,14,16,19-21,24-31H2,1-13H3/t34-,35-,36-,38-,39-,42?,43?,47-,48-,49+,50+/m0/s1. The number of ketones is 2. The fourth-order valence-corrected chi connectivity index (χ4v) is 10.9. The van der Waals surface area contributed by atoms with Crippen LogP contribution < -0.4 is 0 Å². The number of Topliss-reactive ketones (excluding diaryl/α,β-unsaturated/α-hetero) is 2. The van der Waals surface area contributed by atoms with E-state index < -0.39 is 42.2 Å². The molecule has 2 fully saturated rings. The van der Waals surface area contributed by atoms with Crippen molar-refractivity contribution in [3.63, 3.8) is 0 Å². The molecule has 0 spiro atoms. The molecular formula is C52H84N4O10S. The Morgan fingerprint density at radius 2 is 1.49 bits per heavy atom. The molecular weight excluding hydrogens is 873 g/mol. The highest BCUT2D eigenvalue weighted by molar-refractivity contribution is 8.00. The molecule has 0 aromatic heterocycles. The van der Waals surface area contributed by atoms with Crippen molar-refractivity contribution in [3.05, 3.63) is 35.9 Å². The smallest absolute Gasteiger partial charge is 0.242 e. The van der Waals surface area contributed by atoms with Gasteiger partial charge < -0.3 is 29.3 Å². The van der Waals surface area contributed by atoms with Crippen molar-refractivity contribution in [2.24, 2.45) is 35.5 Å². The Labute approximate surface area is 406 Å². The summed E-state index contributed by atoms with van der Waals surface area (Å²) in [7, 11) is 6.49. The van der Waals surface area contributed by atoms with Crippen molar-refractivity contribution in [1.82, 2.24) is 19.6 Å². The molecule has 378 valence electrons. The third kappa shape index (κ3) is 15.2. The van der Waals surface area contributed by atoms with E-state index in [1.165, 1.54) is 21.6 Å². The number of aliphatic hydroxyl groups excluding tert-OH is 1. The summed E-state index contributed by atoms with van der Waals surface area (Å²) in [6, 6.07) is 7.71. The van der Waals surface area contributed by atoms with E-state index in [4.69, 9.17) is 9.47 Å². The van der Waals surface area contributed by atoms with E-state index in [1.54, 1.807) is 38.1 Å². The number of carbonyl (C=O) groups is 7. The van der Waals surface area contributed by atoms with Crippen LogP contribution in [0.2, 0.25) is 0 Å². The van der Waals surface area contributed by atoms with Crippen LogP contribution in [0.1, 0.15) is 138 Å². The maximum atomic E-state index is 14.7. The second-order valence-corrected chi connectivity index (χ2v) is 21.0. The van der Waals surface area contributed by atoms with Gasteiger partial charge in [-0.15, -0.1) is 0 Å². The van der Waals surface area contributed by atoms with Crippen molar-refractivity contribution in [2.45, 2.75) is 168 Å². The molecule has 2 heterocycles. The summed E-state index contributed by atoms with van der Waals surface area (Å²) < 4.78 is 12.1. The zero-order valence-corrected chi connectivity index (χ0v) is 43.7. The average Bonchev–Trinajstić information content (AvgIpc) is 3.90. The zero-order chi connectivity index (χ0) is 50.3.